The van der Waals surface area contributed by atoms with Gasteiger partial charge in [0, 0.05) is 26.2 Å². The highest BCUT2D eigenvalue weighted by Gasteiger charge is 2.49. The lowest BCUT2D eigenvalue weighted by Crippen LogP contribution is -2.61. The standard InChI is InChI=1S/C18H38N2O2Si/c1-7-13-19(14-8-2)17(21)23(11-5,12-6)18(22)20(15-9-3)16-10-4/h7-16H2,1-6H3. The third-order valence-corrected chi connectivity index (χ3v) is 9.26. The van der Waals surface area contributed by atoms with Crippen LogP contribution in [-0.2, 0) is 0 Å². The summed E-state index contributed by atoms with van der Waals surface area (Å²) >= 11 is 0. The summed E-state index contributed by atoms with van der Waals surface area (Å²) in [5.74, 6) is 0. The Kier molecular flexibility index (Phi) is 11.2. The maximum Gasteiger partial charge on any atom is 0.261 e. The molecule has 0 unspecified atom stereocenters. The van der Waals surface area contributed by atoms with E-state index in [2.05, 4.69) is 27.7 Å². The van der Waals surface area contributed by atoms with Gasteiger partial charge in [0.05, 0.1) is 0 Å². The molecule has 0 aliphatic carbocycles. The first-order chi connectivity index (χ1) is 11.0. The van der Waals surface area contributed by atoms with E-state index in [1.165, 1.54) is 0 Å². The van der Waals surface area contributed by atoms with Crippen molar-refractivity contribution >= 4 is 19.1 Å². The van der Waals surface area contributed by atoms with Crippen LogP contribution in [-0.4, -0.2) is 55.1 Å². The molecule has 0 aromatic carbocycles. The molecule has 23 heavy (non-hydrogen) atoms. The summed E-state index contributed by atoms with van der Waals surface area (Å²) in [6.45, 7) is 15.6. The van der Waals surface area contributed by atoms with Crippen LogP contribution in [0.1, 0.15) is 67.2 Å². The van der Waals surface area contributed by atoms with E-state index in [4.69, 9.17) is 0 Å². The molecule has 0 saturated carbocycles. The van der Waals surface area contributed by atoms with Gasteiger partial charge in [-0.1, -0.05) is 41.5 Å². The van der Waals surface area contributed by atoms with Crippen LogP contribution in [0.5, 0.6) is 0 Å². The topological polar surface area (TPSA) is 40.6 Å². The molecular formula is C18H38N2O2Si. The number of carbonyl (C=O) groups excluding carboxylic acids is 2. The van der Waals surface area contributed by atoms with Crippen molar-refractivity contribution in [3.05, 3.63) is 0 Å². The number of rotatable bonds is 12. The molecule has 0 atom stereocenters. The predicted molar refractivity (Wildman–Crippen MR) is 102 cm³/mol. The van der Waals surface area contributed by atoms with E-state index in [1.807, 2.05) is 23.6 Å². The summed E-state index contributed by atoms with van der Waals surface area (Å²) in [6, 6.07) is 1.43. The Bertz CT molecular complexity index is 315. The molecular weight excluding hydrogens is 304 g/mol. The number of nitrogens with zero attached hydrogens (tertiary/aromatic N) is 2. The minimum atomic E-state index is -2.65. The van der Waals surface area contributed by atoms with Gasteiger partial charge in [-0.05, 0) is 37.8 Å². The van der Waals surface area contributed by atoms with Gasteiger partial charge in [-0.15, -0.1) is 0 Å². The van der Waals surface area contributed by atoms with Gasteiger partial charge in [0.1, 0.15) is 0 Å². The third kappa shape index (κ3) is 5.62. The average Bonchev–Trinajstić information content (AvgIpc) is 2.55. The number of hydrogen-bond acceptors (Lipinski definition) is 2. The van der Waals surface area contributed by atoms with Gasteiger partial charge in [-0.3, -0.25) is 9.59 Å². The number of carbonyl (C=O) groups is 2. The summed E-state index contributed by atoms with van der Waals surface area (Å²) in [5.41, 5.74) is 0.349. The third-order valence-electron chi connectivity index (χ3n) is 4.57. The van der Waals surface area contributed by atoms with Crippen molar-refractivity contribution in [2.45, 2.75) is 79.3 Å². The molecule has 4 nitrogen and oxygen atoms in total. The van der Waals surface area contributed by atoms with Gasteiger partial charge in [0.25, 0.3) is 8.07 Å². The lowest BCUT2D eigenvalue weighted by molar-refractivity contribution is 0.210. The summed E-state index contributed by atoms with van der Waals surface area (Å²) in [6.07, 6.45) is 3.80. The number of amides is 2. The molecule has 0 bridgehead atoms. The van der Waals surface area contributed by atoms with Crippen LogP contribution >= 0.6 is 0 Å². The Morgan fingerprint density at radius 2 is 0.870 bits per heavy atom. The van der Waals surface area contributed by atoms with Gasteiger partial charge in [0.2, 0.25) is 11.1 Å². The van der Waals surface area contributed by atoms with Crippen LogP contribution in [0, 0.1) is 0 Å². The van der Waals surface area contributed by atoms with E-state index in [-0.39, 0.29) is 11.1 Å². The highest BCUT2D eigenvalue weighted by atomic mass is 28.3. The van der Waals surface area contributed by atoms with Gasteiger partial charge >= 0.3 is 0 Å². The largest absolute Gasteiger partial charge is 0.347 e. The fourth-order valence-corrected chi connectivity index (χ4v) is 6.81. The Morgan fingerprint density at radius 3 is 1.04 bits per heavy atom. The fourth-order valence-electron chi connectivity index (χ4n) is 3.26. The molecule has 0 spiro atoms. The molecule has 0 radical (unpaired) electrons. The zero-order valence-corrected chi connectivity index (χ0v) is 17.3. The molecule has 0 heterocycles. The Hall–Kier alpha value is -0.843. The Labute approximate surface area is 144 Å². The monoisotopic (exact) mass is 342 g/mol. The maximum absolute atomic E-state index is 13.3. The van der Waals surface area contributed by atoms with Crippen molar-refractivity contribution in [2.75, 3.05) is 26.2 Å². The molecule has 136 valence electrons. The highest BCUT2D eigenvalue weighted by Crippen LogP contribution is 2.24. The van der Waals surface area contributed by atoms with Crippen molar-refractivity contribution in [3.63, 3.8) is 0 Å². The van der Waals surface area contributed by atoms with Gasteiger partial charge < -0.3 is 9.80 Å². The van der Waals surface area contributed by atoms with Crippen molar-refractivity contribution in [2.24, 2.45) is 0 Å². The highest BCUT2D eigenvalue weighted by molar-refractivity contribution is 7.24. The molecule has 0 aromatic rings. The van der Waals surface area contributed by atoms with E-state index in [0.29, 0.717) is 0 Å². The molecule has 0 aliphatic rings. The van der Waals surface area contributed by atoms with E-state index in [9.17, 15) is 9.59 Å². The second-order valence-corrected chi connectivity index (χ2v) is 10.8. The first-order valence-electron chi connectivity index (χ1n) is 9.57. The van der Waals surface area contributed by atoms with Crippen molar-refractivity contribution in [3.8, 4) is 0 Å². The van der Waals surface area contributed by atoms with Crippen LogP contribution < -0.4 is 0 Å². The summed E-state index contributed by atoms with van der Waals surface area (Å²) in [4.78, 5) is 30.5. The first kappa shape index (κ1) is 22.2. The van der Waals surface area contributed by atoms with Crippen LogP contribution in [0.4, 0.5) is 9.59 Å². The van der Waals surface area contributed by atoms with Crippen LogP contribution in [0.2, 0.25) is 12.1 Å². The van der Waals surface area contributed by atoms with Crippen LogP contribution in [0.15, 0.2) is 0 Å². The second-order valence-electron chi connectivity index (χ2n) is 6.37. The van der Waals surface area contributed by atoms with Crippen molar-refractivity contribution in [1.82, 2.24) is 9.80 Å². The van der Waals surface area contributed by atoms with Gasteiger partial charge in [0.15, 0.2) is 0 Å². The zero-order chi connectivity index (χ0) is 17.9. The minimum absolute atomic E-state index is 0.174. The molecule has 0 saturated heterocycles. The Morgan fingerprint density at radius 1 is 0.609 bits per heavy atom. The van der Waals surface area contributed by atoms with E-state index < -0.39 is 8.07 Å². The smallest absolute Gasteiger partial charge is 0.261 e. The van der Waals surface area contributed by atoms with E-state index in [0.717, 1.165) is 64.0 Å². The first-order valence-corrected chi connectivity index (χ1v) is 12.0. The molecule has 0 aliphatic heterocycles. The minimum Gasteiger partial charge on any atom is -0.347 e. The lowest BCUT2D eigenvalue weighted by atomic mass is 10.4. The van der Waals surface area contributed by atoms with Crippen LogP contribution in [0.25, 0.3) is 0 Å². The average molecular weight is 343 g/mol. The summed E-state index contributed by atoms with van der Waals surface area (Å²) in [7, 11) is -2.65. The quantitative estimate of drug-likeness (QED) is 0.462. The van der Waals surface area contributed by atoms with Crippen molar-refractivity contribution < 1.29 is 9.59 Å². The summed E-state index contributed by atoms with van der Waals surface area (Å²) < 4.78 is 0. The summed E-state index contributed by atoms with van der Waals surface area (Å²) in [5, 5.41) is 0. The number of hydrogen-bond donors (Lipinski definition) is 0. The van der Waals surface area contributed by atoms with E-state index >= 15 is 0 Å². The molecule has 5 heteroatoms. The fraction of sp³-hybridized carbons (Fsp3) is 0.889. The normalized spacial score (nSPS) is 11.4. The van der Waals surface area contributed by atoms with Crippen molar-refractivity contribution in [1.29, 1.82) is 0 Å². The molecule has 0 aromatic heterocycles. The predicted octanol–water partition coefficient (Wildman–Crippen LogP) is 5.12. The SMILES string of the molecule is CCCN(CCC)C(=O)[Si](CC)(CC)C(=O)N(CCC)CCC. The zero-order valence-electron chi connectivity index (χ0n) is 16.3. The Balaban J connectivity index is 5.58. The van der Waals surface area contributed by atoms with Gasteiger partial charge in [-0.2, -0.15) is 0 Å². The lowest BCUT2D eigenvalue weighted by Gasteiger charge is -2.37. The molecule has 2 amide bonds. The van der Waals surface area contributed by atoms with Crippen LogP contribution in [0.3, 0.4) is 0 Å². The molecule has 0 N–H and O–H groups in total. The molecule has 0 fully saturated rings. The van der Waals surface area contributed by atoms with Gasteiger partial charge in [-0.25, -0.2) is 0 Å². The second kappa shape index (κ2) is 11.7. The maximum atomic E-state index is 13.3. The van der Waals surface area contributed by atoms with E-state index in [1.54, 1.807) is 0 Å². The molecule has 0 rings (SSSR count).